The molecule has 0 bridgehead atoms. The molecule has 1 heterocycles. The summed E-state index contributed by atoms with van der Waals surface area (Å²) < 4.78 is 68.5. The third kappa shape index (κ3) is 2.69. The number of hydrogen-bond donors (Lipinski definition) is 0. The van der Waals surface area contributed by atoms with E-state index in [1.807, 2.05) is 30.3 Å². The highest BCUT2D eigenvalue weighted by Gasteiger charge is 2.27. The Labute approximate surface area is 127 Å². The van der Waals surface area contributed by atoms with E-state index in [9.17, 15) is 22.0 Å². The van der Waals surface area contributed by atoms with Gasteiger partial charge in [0.15, 0.2) is 23.3 Å². The van der Waals surface area contributed by atoms with Crippen molar-refractivity contribution in [1.82, 2.24) is 9.55 Å². The smallest absolute Gasteiger partial charge is 0.200 e. The monoisotopic (exact) mass is 324 g/mol. The van der Waals surface area contributed by atoms with Gasteiger partial charge in [0, 0.05) is 12.7 Å². The summed E-state index contributed by atoms with van der Waals surface area (Å²) in [6, 6.07) is 9.13. The molecule has 0 aliphatic carbocycles. The summed E-state index contributed by atoms with van der Waals surface area (Å²) in [7, 11) is 0. The Balaban J connectivity index is 2.01. The Bertz CT molecular complexity index is 829. The molecule has 0 radical (unpaired) electrons. The predicted molar refractivity (Wildman–Crippen MR) is 73.0 cm³/mol. The van der Waals surface area contributed by atoms with Crippen LogP contribution in [-0.2, 0) is 6.54 Å². The molecule has 3 rings (SSSR count). The lowest BCUT2D eigenvalue weighted by Gasteiger charge is -2.06. The average molecular weight is 324 g/mol. The van der Waals surface area contributed by atoms with Crippen LogP contribution in [0.4, 0.5) is 22.0 Å². The summed E-state index contributed by atoms with van der Waals surface area (Å²) in [6.45, 7) is 0.350. The van der Waals surface area contributed by atoms with Gasteiger partial charge in [0.25, 0.3) is 0 Å². The lowest BCUT2D eigenvalue weighted by Crippen LogP contribution is -2.04. The van der Waals surface area contributed by atoms with Crippen molar-refractivity contribution in [3.05, 3.63) is 77.5 Å². The van der Waals surface area contributed by atoms with Crippen LogP contribution in [0.25, 0.3) is 11.3 Å². The highest BCUT2D eigenvalue weighted by atomic mass is 19.2. The summed E-state index contributed by atoms with van der Waals surface area (Å²) in [5, 5.41) is 0. The molecular formula is C16H9F5N2. The largest absolute Gasteiger partial charge is 0.332 e. The molecule has 7 heteroatoms. The van der Waals surface area contributed by atoms with Crippen molar-refractivity contribution in [2.75, 3.05) is 0 Å². The molecule has 23 heavy (non-hydrogen) atoms. The molecular weight excluding hydrogens is 315 g/mol. The zero-order valence-electron chi connectivity index (χ0n) is 11.5. The van der Waals surface area contributed by atoms with Gasteiger partial charge in [-0.15, -0.1) is 0 Å². The number of rotatable bonds is 3. The fourth-order valence-electron chi connectivity index (χ4n) is 2.20. The van der Waals surface area contributed by atoms with E-state index < -0.39 is 34.6 Å². The normalized spacial score (nSPS) is 11.0. The van der Waals surface area contributed by atoms with Crippen LogP contribution in [0.2, 0.25) is 0 Å². The molecule has 2 nitrogen and oxygen atoms in total. The fraction of sp³-hybridized carbons (Fsp3) is 0.0625. The first kappa shape index (κ1) is 15.2. The third-order valence-electron chi connectivity index (χ3n) is 3.31. The van der Waals surface area contributed by atoms with Gasteiger partial charge in [0.05, 0.1) is 17.6 Å². The molecule has 118 valence electrons. The summed E-state index contributed by atoms with van der Waals surface area (Å²) in [5.74, 6) is -9.96. The van der Waals surface area contributed by atoms with Crippen LogP contribution >= 0.6 is 0 Å². The topological polar surface area (TPSA) is 17.8 Å². The van der Waals surface area contributed by atoms with Crippen LogP contribution in [0.1, 0.15) is 5.56 Å². The van der Waals surface area contributed by atoms with Gasteiger partial charge >= 0.3 is 0 Å². The molecule has 0 saturated heterocycles. The van der Waals surface area contributed by atoms with Crippen molar-refractivity contribution in [1.29, 1.82) is 0 Å². The van der Waals surface area contributed by atoms with Gasteiger partial charge in [-0.3, -0.25) is 0 Å². The van der Waals surface area contributed by atoms with Crippen LogP contribution in [0, 0.1) is 29.1 Å². The Morgan fingerprint density at radius 2 is 1.35 bits per heavy atom. The number of hydrogen-bond acceptors (Lipinski definition) is 1. The first-order valence-electron chi connectivity index (χ1n) is 6.56. The lowest BCUT2D eigenvalue weighted by atomic mass is 10.1. The number of imidazole rings is 1. The maximum absolute atomic E-state index is 13.8. The van der Waals surface area contributed by atoms with E-state index in [4.69, 9.17) is 0 Å². The van der Waals surface area contributed by atoms with Gasteiger partial charge in [0.2, 0.25) is 5.82 Å². The summed E-state index contributed by atoms with van der Waals surface area (Å²) in [4.78, 5) is 3.74. The van der Waals surface area contributed by atoms with Crippen molar-refractivity contribution < 1.29 is 22.0 Å². The van der Waals surface area contributed by atoms with E-state index in [1.54, 1.807) is 0 Å². The third-order valence-corrected chi connectivity index (χ3v) is 3.31. The Morgan fingerprint density at radius 1 is 0.783 bits per heavy atom. The molecule has 0 aliphatic heterocycles. The standard InChI is InChI=1S/C16H9F5N2/c17-12-11(13(18)15(20)16(21)14(12)19)10-7-23(8-22-10)6-9-4-2-1-3-5-9/h1-5,7-8H,6H2. The van der Waals surface area contributed by atoms with Crippen molar-refractivity contribution in [3.63, 3.8) is 0 Å². The summed E-state index contributed by atoms with van der Waals surface area (Å²) in [6.07, 6.45) is 2.49. The minimum absolute atomic E-state index is 0.325. The van der Waals surface area contributed by atoms with Crippen LogP contribution in [0.3, 0.4) is 0 Å². The summed E-state index contributed by atoms with van der Waals surface area (Å²) >= 11 is 0. The average Bonchev–Trinajstić information content (AvgIpc) is 3.00. The van der Waals surface area contributed by atoms with E-state index >= 15 is 0 Å². The van der Waals surface area contributed by atoms with Crippen molar-refractivity contribution in [2.24, 2.45) is 0 Å². The van der Waals surface area contributed by atoms with E-state index in [0.29, 0.717) is 6.54 Å². The van der Waals surface area contributed by atoms with Gasteiger partial charge in [-0.2, -0.15) is 0 Å². The molecule has 0 spiro atoms. The first-order valence-corrected chi connectivity index (χ1v) is 6.56. The molecule has 1 aromatic heterocycles. The highest BCUT2D eigenvalue weighted by molar-refractivity contribution is 5.60. The van der Waals surface area contributed by atoms with Gasteiger partial charge < -0.3 is 4.57 Å². The number of benzene rings is 2. The van der Waals surface area contributed by atoms with Crippen molar-refractivity contribution in [3.8, 4) is 11.3 Å². The molecule has 0 fully saturated rings. The van der Waals surface area contributed by atoms with Gasteiger partial charge in [0.1, 0.15) is 0 Å². The number of nitrogens with zero attached hydrogens (tertiary/aromatic N) is 2. The molecule has 0 saturated carbocycles. The second-order valence-electron chi connectivity index (χ2n) is 4.86. The predicted octanol–water partition coefficient (Wildman–Crippen LogP) is 4.29. The van der Waals surface area contributed by atoms with Gasteiger partial charge in [-0.25, -0.2) is 26.9 Å². The molecule has 0 aliphatic rings. The zero-order valence-corrected chi connectivity index (χ0v) is 11.5. The highest BCUT2D eigenvalue weighted by Crippen LogP contribution is 2.30. The van der Waals surface area contributed by atoms with Gasteiger partial charge in [-0.1, -0.05) is 30.3 Å². The van der Waals surface area contributed by atoms with E-state index in [1.165, 1.54) is 17.1 Å². The number of halogens is 5. The molecule has 0 amide bonds. The summed E-state index contributed by atoms with van der Waals surface area (Å²) in [5.41, 5.74) is -0.462. The Morgan fingerprint density at radius 3 is 1.96 bits per heavy atom. The second kappa shape index (κ2) is 5.83. The second-order valence-corrected chi connectivity index (χ2v) is 4.86. The van der Waals surface area contributed by atoms with Crippen molar-refractivity contribution >= 4 is 0 Å². The lowest BCUT2D eigenvalue weighted by molar-refractivity contribution is 0.381. The SMILES string of the molecule is Fc1c(F)c(F)c(-c2cn(Cc3ccccc3)cn2)c(F)c1F. The Hall–Kier alpha value is -2.70. The van der Waals surface area contributed by atoms with Crippen LogP contribution in [0.5, 0.6) is 0 Å². The van der Waals surface area contributed by atoms with Crippen molar-refractivity contribution in [2.45, 2.75) is 6.54 Å². The molecule has 0 unspecified atom stereocenters. The zero-order chi connectivity index (χ0) is 16.6. The first-order chi connectivity index (χ1) is 11.0. The maximum atomic E-state index is 13.8. The molecule has 2 aromatic carbocycles. The van der Waals surface area contributed by atoms with Crippen LogP contribution in [-0.4, -0.2) is 9.55 Å². The van der Waals surface area contributed by atoms with E-state index in [0.717, 1.165) is 5.56 Å². The van der Waals surface area contributed by atoms with Gasteiger partial charge in [-0.05, 0) is 5.56 Å². The number of aromatic nitrogens is 2. The van der Waals surface area contributed by atoms with E-state index in [-0.39, 0.29) is 5.69 Å². The van der Waals surface area contributed by atoms with Crippen LogP contribution < -0.4 is 0 Å². The maximum Gasteiger partial charge on any atom is 0.200 e. The quantitative estimate of drug-likeness (QED) is 0.399. The minimum atomic E-state index is -2.19. The minimum Gasteiger partial charge on any atom is -0.332 e. The molecule has 3 aromatic rings. The Kier molecular flexibility index (Phi) is 3.85. The van der Waals surface area contributed by atoms with E-state index in [2.05, 4.69) is 4.98 Å². The molecule has 0 N–H and O–H groups in total. The van der Waals surface area contributed by atoms with Crippen LogP contribution in [0.15, 0.2) is 42.9 Å². The molecule has 0 atom stereocenters. The fourth-order valence-corrected chi connectivity index (χ4v) is 2.20.